The lowest BCUT2D eigenvalue weighted by Crippen LogP contribution is -2.09. The minimum atomic E-state index is -0.0402. The molecular formula is C6H10O4. The molecule has 0 unspecified atom stereocenters. The Bertz CT molecular complexity index is 122. The van der Waals surface area contributed by atoms with Gasteiger partial charge >= 0.3 is 0 Å². The van der Waals surface area contributed by atoms with Gasteiger partial charge in [-0.25, -0.2) is 0 Å². The van der Waals surface area contributed by atoms with E-state index in [0.29, 0.717) is 0 Å². The number of hydrogen-bond acceptors (Lipinski definition) is 4. The van der Waals surface area contributed by atoms with E-state index in [9.17, 15) is 0 Å². The molecule has 0 radical (unpaired) electrons. The van der Waals surface area contributed by atoms with E-state index in [1.807, 2.05) is 0 Å². The predicted molar refractivity (Wildman–Crippen MR) is 31.5 cm³/mol. The molecule has 0 aromatic rings. The first-order valence-electron chi connectivity index (χ1n) is 3.39. The molecule has 0 aliphatic carbocycles. The first kappa shape index (κ1) is 6.54. The van der Waals surface area contributed by atoms with Crippen LogP contribution >= 0.6 is 0 Å². The number of epoxide rings is 2. The Labute approximate surface area is 58.4 Å². The molecule has 0 aromatic carbocycles. The van der Waals surface area contributed by atoms with Crippen molar-refractivity contribution in [2.45, 2.75) is 24.4 Å². The average molecular weight is 146 g/mol. The highest BCUT2D eigenvalue weighted by atomic mass is 16.7. The molecule has 4 heteroatoms. The number of aliphatic hydroxyl groups excluding tert-OH is 2. The summed E-state index contributed by atoms with van der Waals surface area (Å²) in [6.07, 6.45) is 0.00685. The zero-order valence-electron chi connectivity index (χ0n) is 5.43. The maximum absolute atomic E-state index is 8.57. The van der Waals surface area contributed by atoms with Gasteiger partial charge in [0, 0.05) is 0 Å². The van der Waals surface area contributed by atoms with Crippen LogP contribution in [-0.4, -0.2) is 47.8 Å². The SMILES string of the molecule is OC[C@@H]1O[C@@H]1[C@@H]1O[C@@H]1CO. The van der Waals surface area contributed by atoms with E-state index in [0.717, 1.165) is 0 Å². The van der Waals surface area contributed by atoms with Crippen LogP contribution < -0.4 is 0 Å². The standard InChI is InChI=1S/C6H10O4/c7-1-3-5(9-3)6-4(2-8)10-6/h3-8H,1-2H2/t3-,4+,5-,6+. The van der Waals surface area contributed by atoms with Crippen LogP contribution in [0.5, 0.6) is 0 Å². The van der Waals surface area contributed by atoms with Gasteiger partial charge in [0.15, 0.2) is 0 Å². The maximum Gasteiger partial charge on any atom is 0.115 e. The zero-order chi connectivity index (χ0) is 7.14. The van der Waals surface area contributed by atoms with Gasteiger partial charge in [-0.15, -0.1) is 0 Å². The second-order valence-electron chi connectivity index (χ2n) is 2.64. The van der Waals surface area contributed by atoms with Gasteiger partial charge in [-0.05, 0) is 0 Å². The highest BCUT2D eigenvalue weighted by molar-refractivity contribution is 5.02. The summed E-state index contributed by atoms with van der Waals surface area (Å²) in [7, 11) is 0. The Kier molecular flexibility index (Phi) is 1.42. The fourth-order valence-corrected chi connectivity index (χ4v) is 1.18. The van der Waals surface area contributed by atoms with E-state index in [4.69, 9.17) is 19.7 Å². The van der Waals surface area contributed by atoms with Crippen molar-refractivity contribution in [3.05, 3.63) is 0 Å². The summed E-state index contributed by atoms with van der Waals surface area (Å²) in [5.74, 6) is 0. The van der Waals surface area contributed by atoms with Crippen molar-refractivity contribution >= 4 is 0 Å². The van der Waals surface area contributed by atoms with Crippen molar-refractivity contribution in [1.82, 2.24) is 0 Å². The normalized spacial score (nSPS) is 51.0. The molecule has 2 rings (SSSR count). The largest absolute Gasteiger partial charge is 0.394 e. The molecule has 58 valence electrons. The Morgan fingerprint density at radius 1 is 0.900 bits per heavy atom. The van der Waals surface area contributed by atoms with Gasteiger partial charge in [0.25, 0.3) is 0 Å². The third-order valence-corrected chi connectivity index (χ3v) is 1.93. The Morgan fingerprint density at radius 3 is 1.50 bits per heavy atom. The van der Waals surface area contributed by atoms with Gasteiger partial charge in [0.05, 0.1) is 13.2 Å². The summed E-state index contributed by atoms with van der Waals surface area (Å²) in [6, 6.07) is 0. The minimum absolute atomic E-state index is 0.0402. The van der Waals surface area contributed by atoms with Crippen molar-refractivity contribution in [2.24, 2.45) is 0 Å². The first-order valence-corrected chi connectivity index (χ1v) is 3.39. The predicted octanol–water partition coefficient (Wildman–Crippen LogP) is -1.49. The first-order chi connectivity index (χ1) is 4.86. The van der Waals surface area contributed by atoms with E-state index >= 15 is 0 Å². The molecule has 2 aliphatic heterocycles. The second-order valence-corrected chi connectivity index (χ2v) is 2.64. The summed E-state index contributed by atoms with van der Waals surface area (Å²) in [4.78, 5) is 0. The molecule has 4 atom stereocenters. The van der Waals surface area contributed by atoms with E-state index in [-0.39, 0.29) is 37.6 Å². The molecule has 10 heavy (non-hydrogen) atoms. The van der Waals surface area contributed by atoms with Gasteiger partial charge in [-0.1, -0.05) is 0 Å². The highest BCUT2D eigenvalue weighted by Gasteiger charge is 2.56. The van der Waals surface area contributed by atoms with Gasteiger partial charge in [-0.2, -0.15) is 0 Å². The monoisotopic (exact) mass is 146 g/mol. The van der Waals surface area contributed by atoms with Crippen molar-refractivity contribution in [3.63, 3.8) is 0 Å². The number of ether oxygens (including phenoxy) is 2. The van der Waals surface area contributed by atoms with Crippen LogP contribution in [0.4, 0.5) is 0 Å². The van der Waals surface area contributed by atoms with Crippen molar-refractivity contribution in [2.75, 3.05) is 13.2 Å². The highest BCUT2D eigenvalue weighted by Crippen LogP contribution is 2.37. The average Bonchev–Trinajstić information content (AvgIpc) is 2.83. The maximum atomic E-state index is 8.57. The van der Waals surface area contributed by atoms with E-state index < -0.39 is 0 Å². The second kappa shape index (κ2) is 2.17. The van der Waals surface area contributed by atoms with Crippen LogP contribution in [-0.2, 0) is 9.47 Å². The zero-order valence-corrected chi connectivity index (χ0v) is 5.43. The lowest BCUT2D eigenvalue weighted by atomic mass is 10.2. The molecule has 0 spiro atoms. The van der Waals surface area contributed by atoms with Crippen LogP contribution in [0.2, 0.25) is 0 Å². The smallest absolute Gasteiger partial charge is 0.115 e. The van der Waals surface area contributed by atoms with Crippen molar-refractivity contribution in [3.8, 4) is 0 Å². The topological polar surface area (TPSA) is 65.5 Å². The number of aliphatic hydroxyl groups is 2. The summed E-state index contributed by atoms with van der Waals surface area (Å²) >= 11 is 0. The van der Waals surface area contributed by atoms with Gasteiger partial charge in [0.1, 0.15) is 24.4 Å². The molecule has 4 nitrogen and oxygen atoms in total. The molecule has 2 N–H and O–H groups in total. The molecule has 0 aromatic heterocycles. The minimum Gasteiger partial charge on any atom is -0.394 e. The van der Waals surface area contributed by atoms with E-state index in [2.05, 4.69) is 0 Å². The molecule has 2 saturated heterocycles. The lowest BCUT2D eigenvalue weighted by Gasteiger charge is -1.82. The molecule has 2 fully saturated rings. The number of hydrogen-bond donors (Lipinski definition) is 2. The summed E-state index contributed by atoms with van der Waals surface area (Å²) in [5, 5.41) is 17.1. The molecule has 0 amide bonds. The van der Waals surface area contributed by atoms with Gasteiger partial charge < -0.3 is 19.7 Å². The third-order valence-electron chi connectivity index (χ3n) is 1.93. The third kappa shape index (κ3) is 0.932. The Morgan fingerprint density at radius 2 is 1.30 bits per heavy atom. The van der Waals surface area contributed by atoms with E-state index in [1.54, 1.807) is 0 Å². The molecule has 0 bridgehead atoms. The molecule has 0 saturated carbocycles. The van der Waals surface area contributed by atoms with E-state index in [1.165, 1.54) is 0 Å². The fraction of sp³-hybridized carbons (Fsp3) is 1.00. The van der Waals surface area contributed by atoms with Crippen LogP contribution in [0, 0.1) is 0 Å². The molecular weight excluding hydrogens is 136 g/mol. The van der Waals surface area contributed by atoms with Gasteiger partial charge in [-0.3, -0.25) is 0 Å². The fourth-order valence-electron chi connectivity index (χ4n) is 1.18. The lowest BCUT2D eigenvalue weighted by molar-refractivity contribution is 0.235. The summed E-state index contributed by atoms with van der Waals surface area (Å²) in [6.45, 7) is 0.116. The molecule has 2 aliphatic rings. The van der Waals surface area contributed by atoms with Crippen LogP contribution in [0.15, 0.2) is 0 Å². The van der Waals surface area contributed by atoms with Crippen LogP contribution in [0.3, 0.4) is 0 Å². The van der Waals surface area contributed by atoms with Crippen LogP contribution in [0.1, 0.15) is 0 Å². The van der Waals surface area contributed by atoms with Gasteiger partial charge in [0.2, 0.25) is 0 Å². The molecule has 2 heterocycles. The van der Waals surface area contributed by atoms with Crippen LogP contribution in [0.25, 0.3) is 0 Å². The quantitative estimate of drug-likeness (QED) is 0.476. The van der Waals surface area contributed by atoms with Crippen molar-refractivity contribution < 1.29 is 19.7 Å². The van der Waals surface area contributed by atoms with Crippen molar-refractivity contribution in [1.29, 1.82) is 0 Å². The summed E-state index contributed by atoms with van der Waals surface area (Å²) < 4.78 is 10.1. The Hall–Kier alpha value is -0.160. The summed E-state index contributed by atoms with van der Waals surface area (Å²) in [5.41, 5.74) is 0. The number of rotatable bonds is 3. The Balaban J connectivity index is 1.74.